The predicted octanol–water partition coefficient (Wildman–Crippen LogP) is 1.34. The second-order valence-corrected chi connectivity index (χ2v) is 3.65. The van der Waals surface area contributed by atoms with Crippen molar-refractivity contribution in [3.05, 3.63) is 35.4 Å². The van der Waals surface area contributed by atoms with Crippen LogP contribution < -0.4 is 11.5 Å². The van der Waals surface area contributed by atoms with Crippen LogP contribution >= 0.6 is 0 Å². The highest BCUT2D eigenvalue weighted by atomic mass is 16.1. The molecule has 0 aromatic heterocycles. The number of carbonyl (C=O) groups is 1. The number of carbonyl (C=O) groups excluding carboxylic acids is 1. The van der Waals surface area contributed by atoms with Gasteiger partial charge in [0, 0.05) is 13.0 Å². The van der Waals surface area contributed by atoms with E-state index in [1.54, 1.807) is 0 Å². The Morgan fingerprint density at radius 2 is 1.80 bits per heavy atom. The van der Waals surface area contributed by atoms with Crippen molar-refractivity contribution in [1.82, 2.24) is 0 Å². The second kappa shape index (κ2) is 6.19. The molecule has 0 aliphatic carbocycles. The van der Waals surface area contributed by atoms with Crippen molar-refractivity contribution in [3.63, 3.8) is 0 Å². The first-order valence-electron chi connectivity index (χ1n) is 5.29. The van der Waals surface area contributed by atoms with Crippen molar-refractivity contribution in [1.29, 1.82) is 0 Å². The molecule has 0 bridgehead atoms. The smallest absolute Gasteiger partial charge is 0.217 e. The van der Waals surface area contributed by atoms with E-state index in [1.807, 2.05) is 18.2 Å². The first-order valence-corrected chi connectivity index (χ1v) is 5.29. The summed E-state index contributed by atoms with van der Waals surface area (Å²) in [5.41, 5.74) is 13.2. The van der Waals surface area contributed by atoms with Crippen LogP contribution in [-0.2, 0) is 17.8 Å². The number of benzene rings is 1. The molecule has 1 aromatic carbocycles. The highest BCUT2D eigenvalue weighted by Crippen LogP contribution is 2.11. The van der Waals surface area contributed by atoms with E-state index in [4.69, 9.17) is 11.5 Å². The Kier molecular flexibility index (Phi) is 4.84. The van der Waals surface area contributed by atoms with Gasteiger partial charge in [-0.3, -0.25) is 4.79 Å². The van der Waals surface area contributed by atoms with Gasteiger partial charge in [-0.2, -0.15) is 0 Å². The lowest BCUT2D eigenvalue weighted by Crippen LogP contribution is -2.09. The fraction of sp³-hybridized carbons (Fsp3) is 0.417. The molecule has 0 spiro atoms. The third-order valence-corrected chi connectivity index (χ3v) is 2.46. The fourth-order valence-electron chi connectivity index (χ4n) is 1.62. The predicted molar refractivity (Wildman–Crippen MR) is 61.1 cm³/mol. The van der Waals surface area contributed by atoms with Crippen LogP contribution in [0.3, 0.4) is 0 Å². The van der Waals surface area contributed by atoms with Gasteiger partial charge in [0.05, 0.1) is 0 Å². The molecule has 0 saturated carbocycles. The minimum Gasteiger partial charge on any atom is -0.370 e. The Hall–Kier alpha value is -1.35. The Morgan fingerprint density at radius 1 is 1.13 bits per heavy atom. The maximum atomic E-state index is 10.5. The molecular formula is C12H18N2O. The fourth-order valence-corrected chi connectivity index (χ4v) is 1.62. The van der Waals surface area contributed by atoms with E-state index in [-0.39, 0.29) is 5.91 Å². The maximum Gasteiger partial charge on any atom is 0.217 e. The van der Waals surface area contributed by atoms with E-state index >= 15 is 0 Å². The van der Waals surface area contributed by atoms with Gasteiger partial charge >= 0.3 is 0 Å². The van der Waals surface area contributed by atoms with Crippen molar-refractivity contribution < 1.29 is 4.79 Å². The number of hydrogen-bond acceptors (Lipinski definition) is 2. The summed E-state index contributed by atoms with van der Waals surface area (Å²) in [5, 5.41) is 0. The summed E-state index contributed by atoms with van der Waals surface area (Å²) in [4.78, 5) is 10.5. The summed E-state index contributed by atoms with van der Waals surface area (Å²) in [6, 6.07) is 8.15. The first-order chi connectivity index (χ1) is 7.24. The molecule has 3 nitrogen and oxygen atoms in total. The second-order valence-electron chi connectivity index (χ2n) is 3.65. The number of rotatable bonds is 6. The molecule has 0 atom stereocenters. The van der Waals surface area contributed by atoms with Crippen LogP contribution in [0.2, 0.25) is 0 Å². The van der Waals surface area contributed by atoms with Crippen molar-refractivity contribution in [3.8, 4) is 0 Å². The zero-order valence-electron chi connectivity index (χ0n) is 8.91. The summed E-state index contributed by atoms with van der Waals surface area (Å²) < 4.78 is 0. The standard InChI is InChI=1S/C12H18N2O/c13-9-11-7-2-1-5-10(11)6-3-4-8-12(14)15/h1-2,5,7H,3-4,6,8-9,13H2,(H2,14,15). The molecule has 0 aliphatic rings. The van der Waals surface area contributed by atoms with E-state index in [9.17, 15) is 4.79 Å². The minimum absolute atomic E-state index is 0.220. The van der Waals surface area contributed by atoms with E-state index in [0.29, 0.717) is 13.0 Å². The van der Waals surface area contributed by atoms with Gasteiger partial charge < -0.3 is 11.5 Å². The van der Waals surface area contributed by atoms with Crippen LogP contribution in [0.4, 0.5) is 0 Å². The number of unbranched alkanes of at least 4 members (excludes halogenated alkanes) is 1. The Morgan fingerprint density at radius 3 is 2.40 bits per heavy atom. The third-order valence-electron chi connectivity index (χ3n) is 2.46. The number of aryl methyl sites for hydroxylation is 1. The van der Waals surface area contributed by atoms with Crippen LogP contribution in [-0.4, -0.2) is 5.91 Å². The summed E-state index contributed by atoms with van der Waals surface area (Å²) in [5.74, 6) is -0.220. The van der Waals surface area contributed by atoms with Crippen molar-refractivity contribution in [2.45, 2.75) is 32.2 Å². The first kappa shape index (κ1) is 11.7. The number of nitrogens with two attached hydrogens (primary N) is 2. The Bertz CT molecular complexity index is 323. The minimum atomic E-state index is -0.220. The van der Waals surface area contributed by atoms with E-state index < -0.39 is 0 Å². The van der Waals surface area contributed by atoms with Crippen molar-refractivity contribution >= 4 is 5.91 Å². The molecule has 0 heterocycles. The Labute approximate surface area is 90.5 Å². The maximum absolute atomic E-state index is 10.5. The van der Waals surface area contributed by atoms with Crippen LogP contribution in [0.15, 0.2) is 24.3 Å². The van der Waals surface area contributed by atoms with E-state index in [1.165, 1.54) is 11.1 Å². The van der Waals surface area contributed by atoms with Crippen LogP contribution in [0.25, 0.3) is 0 Å². The van der Waals surface area contributed by atoms with Gasteiger partial charge in [-0.15, -0.1) is 0 Å². The van der Waals surface area contributed by atoms with Crippen LogP contribution in [0, 0.1) is 0 Å². The van der Waals surface area contributed by atoms with Crippen molar-refractivity contribution in [2.24, 2.45) is 11.5 Å². The van der Waals surface area contributed by atoms with Gasteiger partial charge in [0.1, 0.15) is 0 Å². The van der Waals surface area contributed by atoms with Gasteiger partial charge in [-0.1, -0.05) is 24.3 Å². The summed E-state index contributed by atoms with van der Waals surface area (Å²) in [7, 11) is 0. The SMILES string of the molecule is NCc1ccccc1CCCCC(N)=O. The molecule has 82 valence electrons. The average Bonchev–Trinajstić information content (AvgIpc) is 2.24. The molecule has 0 fully saturated rings. The monoisotopic (exact) mass is 206 g/mol. The molecule has 3 heteroatoms. The quantitative estimate of drug-likeness (QED) is 0.690. The number of hydrogen-bond donors (Lipinski definition) is 2. The lowest BCUT2D eigenvalue weighted by molar-refractivity contribution is -0.118. The van der Waals surface area contributed by atoms with Gasteiger partial charge in [0.25, 0.3) is 0 Å². The zero-order chi connectivity index (χ0) is 11.1. The van der Waals surface area contributed by atoms with E-state index in [0.717, 1.165) is 19.3 Å². The highest BCUT2D eigenvalue weighted by Gasteiger charge is 2.00. The molecule has 0 aliphatic heterocycles. The molecule has 0 saturated heterocycles. The third kappa shape index (κ3) is 4.13. The molecule has 1 rings (SSSR count). The number of primary amides is 1. The van der Waals surface area contributed by atoms with Crippen LogP contribution in [0.1, 0.15) is 30.4 Å². The summed E-state index contributed by atoms with van der Waals surface area (Å²) >= 11 is 0. The molecular weight excluding hydrogens is 188 g/mol. The summed E-state index contributed by atoms with van der Waals surface area (Å²) in [6.45, 7) is 0.575. The van der Waals surface area contributed by atoms with Crippen molar-refractivity contribution in [2.75, 3.05) is 0 Å². The highest BCUT2D eigenvalue weighted by molar-refractivity contribution is 5.73. The Balaban J connectivity index is 2.39. The lowest BCUT2D eigenvalue weighted by Gasteiger charge is -2.06. The van der Waals surface area contributed by atoms with Gasteiger partial charge in [-0.25, -0.2) is 0 Å². The van der Waals surface area contributed by atoms with Gasteiger partial charge in [0.2, 0.25) is 5.91 Å². The molecule has 0 unspecified atom stereocenters. The normalized spacial score (nSPS) is 10.2. The van der Waals surface area contributed by atoms with Gasteiger partial charge in [0.15, 0.2) is 0 Å². The summed E-state index contributed by atoms with van der Waals surface area (Å²) in [6.07, 6.45) is 3.29. The number of amides is 1. The molecule has 15 heavy (non-hydrogen) atoms. The largest absolute Gasteiger partial charge is 0.370 e. The lowest BCUT2D eigenvalue weighted by atomic mass is 10.0. The molecule has 1 aromatic rings. The molecule has 0 radical (unpaired) electrons. The topological polar surface area (TPSA) is 69.1 Å². The van der Waals surface area contributed by atoms with Gasteiger partial charge in [-0.05, 0) is 30.4 Å². The van der Waals surface area contributed by atoms with Crippen LogP contribution in [0.5, 0.6) is 0 Å². The van der Waals surface area contributed by atoms with E-state index in [2.05, 4.69) is 6.07 Å². The molecule has 4 N–H and O–H groups in total. The zero-order valence-corrected chi connectivity index (χ0v) is 8.91. The average molecular weight is 206 g/mol. The molecule has 1 amide bonds.